The maximum absolute atomic E-state index is 10.6. The molecule has 0 saturated carbocycles. The van der Waals surface area contributed by atoms with Gasteiger partial charge in [-0.3, -0.25) is 0 Å². The van der Waals surface area contributed by atoms with Gasteiger partial charge in [-0.15, -0.1) is 0 Å². The van der Waals surface area contributed by atoms with Crippen LogP contribution in [-0.2, 0) is 19.5 Å². The summed E-state index contributed by atoms with van der Waals surface area (Å²) in [6.45, 7) is 5.94. The smallest absolute Gasteiger partial charge is 0.257 e. The van der Waals surface area contributed by atoms with Gasteiger partial charge in [-0.25, -0.2) is 9.13 Å². The molecule has 27 heavy (non-hydrogen) atoms. The first-order chi connectivity index (χ1) is 12.7. The maximum Gasteiger partial charge on any atom is 0.257 e. The topological polar surface area (TPSA) is 47.5 Å². The lowest BCUT2D eigenvalue weighted by Crippen LogP contribution is -3.00. The number of aliphatic hydroxyl groups excluding tert-OH is 1. The van der Waals surface area contributed by atoms with E-state index in [0.29, 0.717) is 12.3 Å². The number of ether oxygens (including phenoxy) is 2. The summed E-state index contributed by atoms with van der Waals surface area (Å²) in [6.07, 6.45) is 0.305. The fourth-order valence-electron chi connectivity index (χ4n) is 3.43. The lowest BCUT2D eigenvalue weighted by atomic mass is 10.3. The summed E-state index contributed by atoms with van der Waals surface area (Å²) in [5.74, 6) is 2.65. The Labute approximate surface area is 177 Å². The highest BCUT2D eigenvalue weighted by molar-refractivity contribution is 5.72. The minimum absolute atomic E-state index is 0. The van der Waals surface area contributed by atoms with Crippen molar-refractivity contribution in [2.75, 3.05) is 13.7 Å². The summed E-state index contributed by atoms with van der Waals surface area (Å²) >= 11 is 0. The second-order valence-electron chi connectivity index (χ2n) is 6.26. The van der Waals surface area contributed by atoms with Crippen LogP contribution >= 0.6 is 0 Å². The summed E-state index contributed by atoms with van der Waals surface area (Å²) in [5.41, 5.74) is 2.35. The standard InChI is InChI=1S/C21H27N2O3.HI/c1-4-21-22(5-2)19-11-6-7-12-20(19)23(21)14-16(24)15-26-18-10-8-9-17(13-18)25-3;/h6-13,16,24H,4-5,14-15H2,1-3H3;1H/q+1;/p-1. The molecule has 1 unspecified atom stereocenters. The molecule has 0 amide bonds. The molecule has 3 rings (SSSR count). The molecule has 1 N–H and O–H groups in total. The van der Waals surface area contributed by atoms with Crippen molar-refractivity contribution in [3.8, 4) is 11.5 Å². The van der Waals surface area contributed by atoms with Crippen LogP contribution in [0.5, 0.6) is 11.5 Å². The van der Waals surface area contributed by atoms with Crippen LogP contribution in [0.2, 0.25) is 0 Å². The van der Waals surface area contributed by atoms with Gasteiger partial charge in [0.25, 0.3) is 5.82 Å². The lowest BCUT2D eigenvalue weighted by Gasteiger charge is -2.12. The van der Waals surface area contributed by atoms with Gasteiger partial charge in [0, 0.05) is 12.5 Å². The van der Waals surface area contributed by atoms with Crippen molar-refractivity contribution in [3.05, 3.63) is 54.4 Å². The molecule has 1 heterocycles. The van der Waals surface area contributed by atoms with Gasteiger partial charge in [-0.2, -0.15) is 0 Å². The van der Waals surface area contributed by atoms with Crippen LogP contribution in [0.3, 0.4) is 0 Å². The third-order valence-electron chi connectivity index (χ3n) is 4.60. The average Bonchev–Trinajstić information content (AvgIpc) is 2.99. The lowest BCUT2D eigenvalue weighted by molar-refractivity contribution is -0.686. The Kier molecular flexibility index (Phi) is 7.91. The first-order valence-electron chi connectivity index (χ1n) is 9.12. The first-order valence-corrected chi connectivity index (χ1v) is 9.12. The molecular formula is C21H27IN2O3. The van der Waals surface area contributed by atoms with Gasteiger partial charge >= 0.3 is 0 Å². The molecule has 0 aliphatic carbocycles. The number of aryl methyl sites for hydroxylation is 1. The van der Waals surface area contributed by atoms with E-state index in [9.17, 15) is 5.11 Å². The van der Waals surface area contributed by atoms with Crippen molar-refractivity contribution in [3.63, 3.8) is 0 Å². The second-order valence-corrected chi connectivity index (χ2v) is 6.26. The van der Waals surface area contributed by atoms with E-state index < -0.39 is 6.10 Å². The highest BCUT2D eigenvalue weighted by Gasteiger charge is 2.24. The molecule has 5 nitrogen and oxygen atoms in total. The van der Waals surface area contributed by atoms with Crippen molar-refractivity contribution >= 4 is 11.0 Å². The van der Waals surface area contributed by atoms with E-state index in [1.54, 1.807) is 7.11 Å². The van der Waals surface area contributed by atoms with Crippen LogP contribution in [0.1, 0.15) is 19.7 Å². The van der Waals surface area contributed by atoms with Gasteiger partial charge in [0.15, 0.2) is 11.0 Å². The molecule has 6 heteroatoms. The molecule has 146 valence electrons. The van der Waals surface area contributed by atoms with Crippen molar-refractivity contribution in [2.45, 2.75) is 39.5 Å². The number of imidazole rings is 1. The molecule has 0 radical (unpaired) electrons. The number of para-hydroxylation sites is 2. The van der Waals surface area contributed by atoms with Gasteiger partial charge < -0.3 is 38.6 Å². The van der Waals surface area contributed by atoms with E-state index in [4.69, 9.17) is 9.47 Å². The molecule has 1 atom stereocenters. The Balaban J connectivity index is 0.00000261. The van der Waals surface area contributed by atoms with E-state index in [2.05, 4.69) is 41.2 Å². The zero-order chi connectivity index (χ0) is 18.5. The van der Waals surface area contributed by atoms with Crippen LogP contribution in [0, 0.1) is 0 Å². The quantitative estimate of drug-likeness (QED) is 0.363. The number of hydrogen-bond donors (Lipinski definition) is 1. The van der Waals surface area contributed by atoms with Crippen molar-refractivity contribution in [1.82, 2.24) is 4.57 Å². The number of halogens is 1. The number of aromatic nitrogens is 2. The van der Waals surface area contributed by atoms with Crippen LogP contribution < -0.4 is 38.0 Å². The van der Waals surface area contributed by atoms with Crippen molar-refractivity contribution < 1.29 is 43.1 Å². The molecule has 2 aromatic carbocycles. The fraction of sp³-hybridized carbons (Fsp3) is 0.381. The Morgan fingerprint density at radius 1 is 1.07 bits per heavy atom. The Morgan fingerprint density at radius 2 is 1.81 bits per heavy atom. The minimum Gasteiger partial charge on any atom is -1.00 e. The molecule has 0 aliphatic heterocycles. The monoisotopic (exact) mass is 482 g/mol. The summed E-state index contributed by atoms with van der Waals surface area (Å²) in [7, 11) is 1.63. The van der Waals surface area contributed by atoms with Gasteiger partial charge in [0.05, 0.1) is 13.7 Å². The molecule has 0 saturated heterocycles. The van der Waals surface area contributed by atoms with E-state index in [1.165, 1.54) is 11.3 Å². The maximum atomic E-state index is 10.6. The Morgan fingerprint density at radius 3 is 2.52 bits per heavy atom. The van der Waals surface area contributed by atoms with Crippen LogP contribution in [0.15, 0.2) is 48.5 Å². The van der Waals surface area contributed by atoms with Gasteiger partial charge in [-0.05, 0) is 31.2 Å². The molecule has 0 bridgehead atoms. The predicted molar refractivity (Wildman–Crippen MR) is 102 cm³/mol. The van der Waals surface area contributed by atoms with E-state index in [-0.39, 0.29) is 30.6 Å². The zero-order valence-corrected chi connectivity index (χ0v) is 18.2. The van der Waals surface area contributed by atoms with Gasteiger partial charge in [0.1, 0.15) is 30.8 Å². The van der Waals surface area contributed by atoms with Crippen LogP contribution in [0.25, 0.3) is 11.0 Å². The average molecular weight is 482 g/mol. The molecule has 0 fully saturated rings. The number of nitrogens with zero attached hydrogens (tertiary/aromatic N) is 2. The van der Waals surface area contributed by atoms with E-state index in [1.807, 2.05) is 30.3 Å². The largest absolute Gasteiger partial charge is 1.00 e. The fourth-order valence-corrected chi connectivity index (χ4v) is 3.43. The van der Waals surface area contributed by atoms with Crippen molar-refractivity contribution in [2.24, 2.45) is 0 Å². The number of hydrogen-bond acceptors (Lipinski definition) is 3. The highest BCUT2D eigenvalue weighted by atomic mass is 127. The number of rotatable bonds is 8. The third-order valence-corrected chi connectivity index (χ3v) is 4.60. The van der Waals surface area contributed by atoms with E-state index in [0.717, 1.165) is 24.2 Å². The van der Waals surface area contributed by atoms with E-state index >= 15 is 0 Å². The normalized spacial score (nSPS) is 11.9. The van der Waals surface area contributed by atoms with Gasteiger partial charge in [0.2, 0.25) is 0 Å². The Hall–Kier alpha value is -1.80. The zero-order valence-electron chi connectivity index (χ0n) is 16.1. The molecular weight excluding hydrogens is 455 g/mol. The van der Waals surface area contributed by atoms with Crippen molar-refractivity contribution in [1.29, 1.82) is 0 Å². The predicted octanol–water partition coefficient (Wildman–Crippen LogP) is -0.0364. The number of aliphatic hydroxyl groups is 1. The van der Waals surface area contributed by atoms with Crippen LogP contribution in [-0.4, -0.2) is 29.5 Å². The number of fused-ring (bicyclic) bond motifs is 1. The second kappa shape index (κ2) is 9.94. The minimum atomic E-state index is -0.604. The first kappa shape index (κ1) is 21.5. The summed E-state index contributed by atoms with van der Waals surface area (Å²) in [5, 5.41) is 10.6. The molecule has 0 spiro atoms. The molecule has 1 aromatic heterocycles. The highest BCUT2D eigenvalue weighted by Crippen LogP contribution is 2.19. The number of methoxy groups -OCH3 is 1. The Bertz CT molecular complexity index is 879. The van der Waals surface area contributed by atoms with Crippen LogP contribution in [0.4, 0.5) is 0 Å². The van der Waals surface area contributed by atoms with Gasteiger partial charge in [-0.1, -0.05) is 25.1 Å². The molecule has 0 aliphatic rings. The summed E-state index contributed by atoms with van der Waals surface area (Å²) < 4.78 is 15.5. The third kappa shape index (κ3) is 4.73. The SMILES string of the molecule is CCc1n(CC)c2ccccc2[n+]1CC(O)COc1cccc(OC)c1.[I-]. The molecule has 3 aromatic rings. The summed E-state index contributed by atoms with van der Waals surface area (Å²) in [6, 6.07) is 15.8. The summed E-state index contributed by atoms with van der Waals surface area (Å²) in [4.78, 5) is 0. The number of benzene rings is 2.